The third-order valence-corrected chi connectivity index (χ3v) is 1.77. The van der Waals surface area contributed by atoms with Crippen LogP contribution in [-0.4, -0.2) is 12.6 Å². The summed E-state index contributed by atoms with van der Waals surface area (Å²) in [6.07, 6.45) is 0. The molecule has 1 aromatic rings. The van der Waals surface area contributed by atoms with Crippen LogP contribution < -0.4 is 9.84 Å². The van der Waals surface area contributed by atoms with Gasteiger partial charge in [-0.1, -0.05) is 23.2 Å². The first-order valence-electron chi connectivity index (χ1n) is 3.37. The molecular formula is C8H5Cl2O3-. The highest BCUT2D eigenvalue weighted by Crippen LogP contribution is 2.27. The average Bonchev–Trinajstić information content (AvgIpc) is 2.02. The van der Waals surface area contributed by atoms with Gasteiger partial charge < -0.3 is 14.6 Å². The minimum Gasteiger partial charge on any atom is -0.546 e. The molecule has 0 fully saturated rings. The minimum atomic E-state index is -1.30. The first kappa shape index (κ1) is 10.2. The van der Waals surface area contributed by atoms with Crippen LogP contribution in [0.4, 0.5) is 0 Å². The molecule has 0 saturated carbocycles. The fourth-order valence-corrected chi connectivity index (χ4v) is 1.19. The van der Waals surface area contributed by atoms with E-state index in [1.54, 1.807) is 6.07 Å². The second-order valence-corrected chi connectivity index (χ2v) is 3.08. The van der Waals surface area contributed by atoms with Crippen molar-refractivity contribution < 1.29 is 14.6 Å². The normalized spacial score (nSPS) is 9.69. The molecule has 0 aliphatic rings. The number of ether oxygens (including phenoxy) is 1. The molecule has 0 atom stereocenters. The van der Waals surface area contributed by atoms with Gasteiger partial charge in [0.2, 0.25) is 0 Å². The summed E-state index contributed by atoms with van der Waals surface area (Å²) in [5.41, 5.74) is 0. The Morgan fingerprint density at radius 3 is 2.69 bits per heavy atom. The molecule has 1 rings (SSSR count). The SMILES string of the molecule is O=C([O-])COc1ccc(Cl)cc1Cl. The van der Waals surface area contributed by atoms with Crippen molar-refractivity contribution in [3.63, 3.8) is 0 Å². The predicted molar refractivity (Wildman–Crippen MR) is 47.0 cm³/mol. The van der Waals surface area contributed by atoms with E-state index in [0.29, 0.717) is 5.02 Å². The molecule has 70 valence electrons. The Bertz CT molecular complexity index is 325. The Morgan fingerprint density at radius 1 is 1.46 bits per heavy atom. The van der Waals surface area contributed by atoms with Gasteiger partial charge in [0.05, 0.1) is 11.0 Å². The maximum Gasteiger partial charge on any atom is 0.138 e. The number of carbonyl (C=O) groups excluding carboxylic acids is 1. The van der Waals surface area contributed by atoms with Gasteiger partial charge in [-0.05, 0) is 18.2 Å². The Kier molecular flexibility index (Phi) is 3.39. The topological polar surface area (TPSA) is 49.4 Å². The Hall–Kier alpha value is -0.930. The van der Waals surface area contributed by atoms with Crippen LogP contribution in [0.25, 0.3) is 0 Å². The molecule has 0 saturated heterocycles. The van der Waals surface area contributed by atoms with Gasteiger partial charge in [0.15, 0.2) is 0 Å². The van der Waals surface area contributed by atoms with E-state index >= 15 is 0 Å². The number of benzene rings is 1. The first-order chi connectivity index (χ1) is 6.09. The summed E-state index contributed by atoms with van der Waals surface area (Å²) < 4.78 is 4.80. The molecule has 0 bridgehead atoms. The molecule has 0 spiro atoms. The van der Waals surface area contributed by atoms with Crippen LogP contribution in [-0.2, 0) is 4.79 Å². The molecule has 0 aromatic heterocycles. The van der Waals surface area contributed by atoms with E-state index in [1.165, 1.54) is 12.1 Å². The quantitative estimate of drug-likeness (QED) is 0.766. The van der Waals surface area contributed by atoms with Crippen LogP contribution >= 0.6 is 23.2 Å². The molecule has 5 heteroatoms. The molecule has 0 N–H and O–H groups in total. The van der Waals surface area contributed by atoms with Crippen LogP contribution in [0, 0.1) is 0 Å². The van der Waals surface area contributed by atoms with E-state index in [0.717, 1.165) is 0 Å². The van der Waals surface area contributed by atoms with E-state index in [-0.39, 0.29) is 10.8 Å². The fourth-order valence-electron chi connectivity index (χ4n) is 0.729. The highest BCUT2D eigenvalue weighted by Gasteiger charge is 2.01. The number of carboxylic acids is 1. The van der Waals surface area contributed by atoms with Crippen LogP contribution in [0.2, 0.25) is 10.0 Å². The van der Waals surface area contributed by atoms with Crippen molar-refractivity contribution in [2.45, 2.75) is 0 Å². The lowest BCUT2D eigenvalue weighted by molar-refractivity contribution is -0.307. The molecule has 0 heterocycles. The van der Waals surface area contributed by atoms with Crippen molar-refractivity contribution in [2.75, 3.05) is 6.61 Å². The van der Waals surface area contributed by atoms with Crippen molar-refractivity contribution >= 4 is 29.2 Å². The number of hydrogen-bond donors (Lipinski definition) is 0. The Morgan fingerprint density at radius 2 is 2.15 bits per heavy atom. The standard InChI is InChI=1S/C8H6Cl2O3/c9-5-1-2-7(6(10)3-5)13-4-8(11)12/h1-3H,4H2,(H,11,12)/p-1. The fraction of sp³-hybridized carbons (Fsp3) is 0.125. The lowest BCUT2D eigenvalue weighted by Gasteiger charge is -2.07. The molecule has 1 aromatic carbocycles. The third kappa shape index (κ3) is 3.13. The molecule has 0 unspecified atom stereocenters. The van der Waals surface area contributed by atoms with Gasteiger partial charge in [-0.25, -0.2) is 0 Å². The summed E-state index contributed by atoms with van der Waals surface area (Å²) >= 11 is 11.3. The second kappa shape index (κ2) is 4.35. The van der Waals surface area contributed by atoms with Crippen LogP contribution in [0.3, 0.4) is 0 Å². The van der Waals surface area contributed by atoms with Gasteiger partial charge in [-0.2, -0.15) is 0 Å². The van der Waals surface area contributed by atoms with Gasteiger partial charge in [-0.15, -0.1) is 0 Å². The molecular weight excluding hydrogens is 215 g/mol. The predicted octanol–water partition coefficient (Wildman–Crippen LogP) is 1.12. The Balaban J connectivity index is 2.72. The third-order valence-electron chi connectivity index (χ3n) is 1.24. The monoisotopic (exact) mass is 219 g/mol. The molecule has 13 heavy (non-hydrogen) atoms. The number of rotatable bonds is 3. The number of hydrogen-bond acceptors (Lipinski definition) is 3. The van der Waals surface area contributed by atoms with Gasteiger partial charge in [0.25, 0.3) is 0 Å². The summed E-state index contributed by atoms with van der Waals surface area (Å²) in [4.78, 5) is 10.0. The lowest BCUT2D eigenvalue weighted by Crippen LogP contribution is -2.28. The van der Waals surface area contributed by atoms with Gasteiger partial charge in [-0.3, -0.25) is 0 Å². The maximum absolute atomic E-state index is 10.0. The van der Waals surface area contributed by atoms with E-state index in [2.05, 4.69) is 0 Å². The number of aliphatic carboxylic acids is 1. The zero-order valence-electron chi connectivity index (χ0n) is 6.42. The van der Waals surface area contributed by atoms with Gasteiger partial charge in [0, 0.05) is 5.02 Å². The molecule has 3 nitrogen and oxygen atoms in total. The highest BCUT2D eigenvalue weighted by molar-refractivity contribution is 6.35. The largest absolute Gasteiger partial charge is 0.546 e. The lowest BCUT2D eigenvalue weighted by atomic mass is 10.3. The van der Waals surface area contributed by atoms with E-state index in [1.807, 2.05) is 0 Å². The smallest absolute Gasteiger partial charge is 0.138 e. The second-order valence-electron chi connectivity index (χ2n) is 2.24. The Labute approximate surface area is 84.8 Å². The van der Waals surface area contributed by atoms with Crippen molar-refractivity contribution in [1.82, 2.24) is 0 Å². The molecule has 0 aliphatic heterocycles. The molecule has 0 radical (unpaired) electrons. The summed E-state index contributed by atoms with van der Waals surface area (Å²) in [6.45, 7) is -0.526. The minimum absolute atomic E-state index is 0.272. The highest BCUT2D eigenvalue weighted by atomic mass is 35.5. The summed E-state index contributed by atoms with van der Waals surface area (Å²) in [5.74, 6) is -1.03. The van der Waals surface area contributed by atoms with Crippen LogP contribution in [0.5, 0.6) is 5.75 Å². The van der Waals surface area contributed by atoms with E-state index < -0.39 is 12.6 Å². The van der Waals surface area contributed by atoms with Gasteiger partial charge in [0.1, 0.15) is 12.4 Å². The zero-order chi connectivity index (χ0) is 9.84. The van der Waals surface area contributed by atoms with Crippen LogP contribution in [0.15, 0.2) is 18.2 Å². The maximum atomic E-state index is 10.0. The van der Waals surface area contributed by atoms with Crippen molar-refractivity contribution in [3.8, 4) is 5.75 Å². The summed E-state index contributed by atoms with van der Waals surface area (Å²) in [6, 6.07) is 4.51. The van der Waals surface area contributed by atoms with Gasteiger partial charge >= 0.3 is 0 Å². The number of carboxylic acid groups (broad SMARTS) is 1. The molecule has 0 amide bonds. The zero-order valence-corrected chi connectivity index (χ0v) is 7.93. The molecule has 0 aliphatic carbocycles. The van der Waals surface area contributed by atoms with Crippen molar-refractivity contribution in [1.29, 1.82) is 0 Å². The van der Waals surface area contributed by atoms with E-state index in [9.17, 15) is 9.90 Å². The average molecular weight is 220 g/mol. The summed E-state index contributed by atoms with van der Waals surface area (Å²) in [5, 5.41) is 10.8. The van der Waals surface area contributed by atoms with Crippen molar-refractivity contribution in [3.05, 3.63) is 28.2 Å². The first-order valence-corrected chi connectivity index (χ1v) is 4.13. The number of carbonyl (C=O) groups is 1. The van der Waals surface area contributed by atoms with Crippen molar-refractivity contribution in [2.24, 2.45) is 0 Å². The van der Waals surface area contributed by atoms with E-state index in [4.69, 9.17) is 27.9 Å². The summed E-state index contributed by atoms with van der Waals surface area (Å²) in [7, 11) is 0. The van der Waals surface area contributed by atoms with Crippen LogP contribution in [0.1, 0.15) is 0 Å². The number of halogens is 2.